The average Bonchev–Trinajstić information content (AvgIpc) is 3.25. The minimum Gasteiger partial charge on any atom is -0.343 e. The number of rotatable bonds is 4. The number of carbonyl (C=O) groups excluding carboxylic acids is 1. The number of nitrogens with one attached hydrogen (secondary N) is 2. The van der Waals surface area contributed by atoms with Crippen LogP contribution in [0.25, 0.3) is 16.9 Å². The molecule has 0 saturated heterocycles. The lowest BCUT2D eigenvalue weighted by Gasteiger charge is -2.04. The van der Waals surface area contributed by atoms with E-state index in [4.69, 9.17) is 0 Å². The van der Waals surface area contributed by atoms with E-state index in [2.05, 4.69) is 25.6 Å². The number of aryl methyl sites for hydroxylation is 1. The van der Waals surface area contributed by atoms with Crippen molar-refractivity contribution in [2.24, 2.45) is 7.05 Å². The standard InChI is InChI=1S/C17H15N7O2/c1-23-13(9-12(22-23)11-5-3-2-4-6-11)16(25)19-10-14-20-21-15-17(26)18-7-8-24(14)15/h2-9H,10H2,1H3,(H,18,26)(H,19,25). The Morgan fingerprint density at radius 2 is 2.04 bits per heavy atom. The van der Waals surface area contributed by atoms with Crippen molar-refractivity contribution < 1.29 is 4.79 Å². The van der Waals surface area contributed by atoms with Crippen LogP contribution in [-0.2, 0) is 13.6 Å². The van der Waals surface area contributed by atoms with Crippen molar-refractivity contribution in [3.63, 3.8) is 0 Å². The normalized spacial score (nSPS) is 11.0. The van der Waals surface area contributed by atoms with Crippen LogP contribution in [0, 0.1) is 0 Å². The van der Waals surface area contributed by atoms with Gasteiger partial charge in [0.1, 0.15) is 5.69 Å². The van der Waals surface area contributed by atoms with Crippen molar-refractivity contribution in [1.29, 1.82) is 0 Å². The van der Waals surface area contributed by atoms with Crippen molar-refractivity contribution in [1.82, 2.24) is 34.7 Å². The summed E-state index contributed by atoms with van der Waals surface area (Å²) in [5.74, 6) is 0.175. The number of hydrogen-bond acceptors (Lipinski definition) is 5. The van der Waals surface area contributed by atoms with Crippen LogP contribution in [0.1, 0.15) is 16.3 Å². The third-order valence-electron chi connectivity index (χ3n) is 4.00. The monoisotopic (exact) mass is 349 g/mol. The largest absolute Gasteiger partial charge is 0.343 e. The molecular formula is C17H15N7O2. The molecule has 9 heteroatoms. The van der Waals surface area contributed by atoms with E-state index in [1.165, 1.54) is 15.3 Å². The summed E-state index contributed by atoms with van der Waals surface area (Å²) in [5.41, 5.74) is 1.93. The van der Waals surface area contributed by atoms with Gasteiger partial charge in [0.2, 0.25) is 5.65 Å². The van der Waals surface area contributed by atoms with Gasteiger partial charge in [0.15, 0.2) is 5.82 Å². The predicted molar refractivity (Wildman–Crippen MR) is 93.4 cm³/mol. The number of nitrogens with zero attached hydrogens (tertiary/aromatic N) is 5. The molecule has 0 atom stereocenters. The van der Waals surface area contributed by atoms with Crippen LogP contribution in [-0.4, -0.2) is 35.3 Å². The lowest BCUT2D eigenvalue weighted by atomic mass is 10.1. The van der Waals surface area contributed by atoms with Gasteiger partial charge in [-0.25, -0.2) is 0 Å². The lowest BCUT2D eigenvalue weighted by molar-refractivity contribution is 0.0940. The predicted octanol–water partition coefficient (Wildman–Crippen LogP) is 0.748. The number of hydrogen-bond donors (Lipinski definition) is 2. The minimum absolute atomic E-state index is 0.134. The highest BCUT2D eigenvalue weighted by atomic mass is 16.2. The number of aromatic nitrogens is 6. The molecule has 4 rings (SSSR count). The molecule has 2 N–H and O–H groups in total. The fraction of sp³-hybridized carbons (Fsp3) is 0.118. The van der Waals surface area contributed by atoms with Crippen LogP contribution in [0.4, 0.5) is 0 Å². The van der Waals surface area contributed by atoms with Gasteiger partial charge in [0, 0.05) is 25.0 Å². The molecule has 9 nitrogen and oxygen atoms in total. The van der Waals surface area contributed by atoms with E-state index in [0.717, 1.165) is 11.3 Å². The summed E-state index contributed by atoms with van der Waals surface area (Å²) in [5, 5.41) is 15.0. The average molecular weight is 349 g/mol. The maximum atomic E-state index is 12.5. The van der Waals surface area contributed by atoms with Gasteiger partial charge in [0.05, 0.1) is 12.2 Å². The van der Waals surface area contributed by atoms with Crippen molar-refractivity contribution in [2.45, 2.75) is 6.54 Å². The summed E-state index contributed by atoms with van der Waals surface area (Å²) in [6, 6.07) is 11.4. The van der Waals surface area contributed by atoms with Crippen LogP contribution in [0.15, 0.2) is 53.6 Å². The maximum Gasteiger partial charge on any atom is 0.293 e. The van der Waals surface area contributed by atoms with E-state index in [-0.39, 0.29) is 23.7 Å². The Hall–Kier alpha value is -3.75. The van der Waals surface area contributed by atoms with Crippen LogP contribution < -0.4 is 10.9 Å². The highest BCUT2D eigenvalue weighted by Gasteiger charge is 2.15. The molecule has 0 unspecified atom stereocenters. The van der Waals surface area contributed by atoms with Gasteiger partial charge < -0.3 is 10.3 Å². The van der Waals surface area contributed by atoms with Gasteiger partial charge in [0.25, 0.3) is 11.5 Å². The van der Waals surface area contributed by atoms with Gasteiger partial charge in [-0.1, -0.05) is 30.3 Å². The summed E-state index contributed by atoms with van der Waals surface area (Å²) in [7, 11) is 1.72. The van der Waals surface area contributed by atoms with E-state index in [1.54, 1.807) is 19.3 Å². The van der Waals surface area contributed by atoms with E-state index in [1.807, 2.05) is 30.3 Å². The maximum absolute atomic E-state index is 12.5. The number of carbonyl (C=O) groups is 1. The third-order valence-corrected chi connectivity index (χ3v) is 4.00. The summed E-state index contributed by atoms with van der Waals surface area (Å²) in [6.45, 7) is 0.134. The smallest absolute Gasteiger partial charge is 0.293 e. The Morgan fingerprint density at radius 3 is 2.85 bits per heavy atom. The first-order valence-corrected chi connectivity index (χ1v) is 7.92. The van der Waals surface area contributed by atoms with Crippen LogP contribution in [0.3, 0.4) is 0 Å². The topological polar surface area (TPSA) is 110 Å². The Morgan fingerprint density at radius 1 is 1.23 bits per heavy atom. The molecule has 0 saturated carbocycles. The van der Waals surface area contributed by atoms with Crippen molar-refractivity contribution >= 4 is 11.6 Å². The van der Waals surface area contributed by atoms with E-state index >= 15 is 0 Å². The van der Waals surface area contributed by atoms with Gasteiger partial charge >= 0.3 is 0 Å². The Balaban J connectivity index is 1.54. The molecule has 0 spiro atoms. The molecule has 0 fully saturated rings. The van der Waals surface area contributed by atoms with E-state index < -0.39 is 0 Å². The van der Waals surface area contributed by atoms with E-state index in [0.29, 0.717) is 11.5 Å². The van der Waals surface area contributed by atoms with Crippen molar-refractivity contribution in [3.8, 4) is 11.3 Å². The SMILES string of the molecule is Cn1nc(-c2ccccc2)cc1C(=O)NCc1nnc2c(=O)[nH]ccn12. The molecule has 0 aliphatic rings. The zero-order valence-electron chi connectivity index (χ0n) is 13.9. The fourth-order valence-electron chi connectivity index (χ4n) is 2.69. The highest BCUT2D eigenvalue weighted by molar-refractivity contribution is 5.93. The first kappa shape index (κ1) is 15.8. The van der Waals surface area contributed by atoms with E-state index in [9.17, 15) is 9.59 Å². The second kappa shape index (κ2) is 6.28. The zero-order valence-corrected chi connectivity index (χ0v) is 13.9. The van der Waals surface area contributed by atoms with Crippen molar-refractivity contribution in [2.75, 3.05) is 0 Å². The molecule has 0 aliphatic carbocycles. The molecule has 0 bridgehead atoms. The molecule has 1 amide bonds. The zero-order chi connectivity index (χ0) is 18.1. The molecule has 26 heavy (non-hydrogen) atoms. The second-order valence-corrected chi connectivity index (χ2v) is 5.69. The molecule has 0 aliphatic heterocycles. The number of amides is 1. The fourth-order valence-corrected chi connectivity index (χ4v) is 2.69. The molecule has 3 heterocycles. The molecule has 1 aromatic carbocycles. The van der Waals surface area contributed by atoms with Gasteiger partial charge in [-0.15, -0.1) is 10.2 Å². The first-order valence-electron chi connectivity index (χ1n) is 7.92. The molecule has 0 radical (unpaired) electrons. The number of fused-ring (bicyclic) bond motifs is 1. The first-order chi connectivity index (χ1) is 12.6. The molecular weight excluding hydrogens is 334 g/mol. The summed E-state index contributed by atoms with van der Waals surface area (Å²) < 4.78 is 3.07. The molecule has 4 aromatic rings. The van der Waals surface area contributed by atoms with Gasteiger partial charge in [-0.2, -0.15) is 5.10 Å². The Kier molecular flexibility index (Phi) is 3.81. The minimum atomic E-state index is -0.336. The van der Waals surface area contributed by atoms with Crippen LogP contribution >= 0.6 is 0 Å². The van der Waals surface area contributed by atoms with Crippen LogP contribution in [0.5, 0.6) is 0 Å². The summed E-state index contributed by atoms with van der Waals surface area (Å²) in [6.07, 6.45) is 3.13. The second-order valence-electron chi connectivity index (χ2n) is 5.69. The number of aromatic amines is 1. The molecule has 130 valence electrons. The Bertz CT molecular complexity index is 1140. The summed E-state index contributed by atoms with van der Waals surface area (Å²) >= 11 is 0. The number of benzene rings is 1. The summed E-state index contributed by atoms with van der Waals surface area (Å²) in [4.78, 5) is 26.7. The van der Waals surface area contributed by atoms with Crippen LogP contribution in [0.2, 0.25) is 0 Å². The highest BCUT2D eigenvalue weighted by Crippen LogP contribution is 2.18. The van der Waals surface area contributed by atoms with Crippen molar-refractivity contribution in [3.05, 3.63) is 70.7 Å². The van der Waals surface area contributed by atoms with Gasteiger partial charge in [-0.3, -0.25) is 18.7 Å². The quantitative estimate of drug-likeness (QED) is 0.565. The van der Waals surface area contributed by atoms with Gasteiger partial charge in [-0.05, 0) is 6.07 Å². The lowest BCUT2D eigenvalue weighted by Crippen LogP contribution is -2.26. The Labute approximate surface area is 147 Å². The third kappa shape index (κ3) is 2.75. The molecule has 3 aromatic heterocycles. The number of H-pyrrole nitrogens is 1.